The summed E-state index contributed by atoms with van der Waals surface area (Å²) in [7, 11) is -0.661. The first-order chi connectivity index (χ1) is 20.9. The molecule has 9 nitrogen and oxygen atoms in total. The summed E-state index contributed by atoms with van der Waals surface area (Å²) in [4.78, 5) is 51.5. The number of nitrogens with zero attached hydrogens (tertiary/aromatic N) is 4. The van der Waals surface area contributed by atoms with Crippen molar-refractivity contribution in [3.05, 3.63) is 65.1 Å². The highest BCUT2D eigenvalue weighted by Gasteiger charge is 2.50. The lowest BCUT2D eigenvalue weighted by molar-refractivity contribution is 0.0641. The van der Waals surface area contributed by atoms with E-state index >= 15 is 0 Å². The minimum Gasteiger partial charge on any atom is -0.541 e. The van der Waals surface area contributed by atoms with Crippen LogP contribution in [0.15, 0.2) is 42.6 Å². The molecule has 0 aliphatic carbocycles. The summed E-state index contributed by atoms with van der Waals surface area (Å²) in [5, 5.41) is 0.424. The molecular weight excluding hydrogens is 579 g/mol. The Kier molecular flexibility index (Phi) is 8.81. The fraction of sp³-hybridized carbons (Fsp3) is 0.455. The zero-order chi connectivity index (χ0) is 31.9. The van der Waals surface area contributed by atoms with Crippen molar-refractivity contribution in [2.24, 2.45) is 0 Å². The molecule has 3 amide bonds. The molecule has 1 saturated heterocycles. The number of benzene rings is 2. The molecule has 1 aromatic heterocycles. The second-order valence-corrected chi connectivity index (χ2v) is 18.1. The lowest BCUT2D eigenvalue weighted by Crippen LogP contribution is -2.51. The van der Waals surface area contributed by atoms with Crippen LogP contribution < -0.4 is 9.16 Å². The number of carbonyl (C=O) groups is 3. The molecule has 11 heteroatoms. The summed E-state index contributed by atoms with van der Waals surface area (Å²) < 4.78 is 26.8. The number of imide groups is 1. The summed E-state index contributed by atoms with van der Waals surface area (Å²) in [6, 6.07) is 9.11. The summed E-state index contributed by atoms with van der Waals surface area (Å²) in [6.07, 6.45) is 1.01. The number of fused-ring (bicyclic) bond motifs is 2. The van der Waals surface area contributed by atoms with E-state index in [-0.39, 0.29) is 45.8 Å². The zero-order valence-corrected chi connectivity index (χ0v) is 27.5. The van der Waals surface area contributed by atoms with Crippen molar-refractivity contribution < 1.29 is 27.9 Å². The smallest absolute Gasteiger partial charge is 0.415 e. The van der Waals surface area contributed by atoms with Crippen LogP contribution >= 0.6 is 0 Å². The van der Waals surface area contributed by atoms with Gasteiger partial charge < -0.3 is 19.0 Å². The van der Waals surface area contributed by atoms with Gasteiger partial charge in [0.25, 0.3) is 20.1 Å². The molecule has 0 spiro atoms. The summed E-state index contributed by atoms with van der Waals surface area (Å²) >= 11 is 0. The van der Waals surface area contributed by atoms with E-state index in [0.717, 1.165) is 4.90 Å². The number of rotatable bonds is 8. The molecule has 5 rings (SSSR count). The maximum Gasteiger partial charge on any atom is 0.415 e. The van der Waals surface area contributed by atoms with Crippen molar-refractivity contribution in [3.63, 3.8) is 0 Å². The van der Waals surface area contributed by atoms with Crippen LogP contribution in [0.2, 0.25) is 16.6 Å². The average molecular weight is 621 g/mol. The van der Waals surface area contributed by atoms with Crippen molar-refractivity contribution in [2.45, 2.75) is 64.7 Å². The first kappa shape index (κ1) is 31.6. The average Bonchev–Trinajstić information content (AvgIpc) is 3.22. The van der Waals surface area contributed by atoms with Gasteiger partial charge in [-0.25, -0.2) is 9.18 Å². The largest absolute Gasteiger partial charge is 0.541 e. The van der Waals surface area contributed by atoms with Crippen LogP contribution in [0.3, 0.4) is 0 Å². The topological polar surface area (TPSA) is 92.3 Å². The van der Waals surface area contributed by atoms with Gasteiger partial charge in [0.15, 0.2) is 5.75 Å². The van der Waals surface area contributed by atoms with E-state index in [1.165, 1.54) is 24.3 Å². The number of carbonyl (C=O) groups excluding carboxylic acids is 3. The fourth-order valence-electron chi connectivity index (χ4n) is 6.81. The number of piperazine rings is 1. The van der Waals surface area contributed by atoms with Crippen LogP contribution in [0, 0.1) is 5.82 Å². The third-order valence-electron chi connectivity index (χ3n) is 9.08. The van der Waals surface area contributed by atoms with Gasteiger partial charge in [-0.15, -0.1) is 0 Å². The Bertz CT molecular complexity index is 1560. The molecule has 44 heavy (non-hydrogen) atoms. The van der Waals surface area contributed by atoms with Crippen LogP contribution in [-0.2, 0) is 6.54 Å². The summed E-state index contributed by atoms with van der Waals surface area (Å²) in [5.74, 6) is -1.31. The number of hydrogen-bond donors (Lipinski definition) is 0. The summed E-state index contributed by atoms with van der Waals surface area (Å²) in [5.41, 5.74) is 1.53. The Balaban J connectivity index is 1.71. The number of aromatic nitrogens is 1. The third kappa shape index (κ3) is 5.47. The molecular formula is C33H41FN4O5Si. The molecule has 0 unspecified atom stereocenters. The zero-order valence-electron chi connectivity index (χ0n) is 26.5. The quantitative estimate of drug-likeness (QED) is 0.211. The molecule has 3 heterocycles. The molecule has 0 bridgehead atoms. The van der Waals surface area contributed by atoms with E-state index in [2.05, 4.69) is 51.4 Å². The van der Waals surface area contributed by atoms with E-state index in [4.69, 9.17) is 9.16 Å². The number of pyridine rings is 1. The number of likely N-dealkylation sites (N-methyl/N-ethyl adjacent to an activating group) is 1. The van der Waals surface area contributed by atoms with Crippen molar-refractivity contribution >= 4 is 37.1 Å². The Morgan fingerprint density at radius 1 is 0.886 bits per heavy atom. The maximum absolute atomic E-state index is 14.3. The van der Waals surface area contributed by atoms with Crippen LogP contribution in [0.25, 0.3) is 10.9 Å². The van der Waals surface area contributed by atoms with Crippen LogP contribution in [0.5, 0.6) is 11.5 Å². The van der Waals surface area contributed by atoms with Crippen molar-refractivity contribution in [1.82, 2.24) is 19.7 Å². The molecule has 2 aromatic carbocycles. The fourth-order valence-corrected chi connectivity index (χ4v) is 12.1. The maximum atomic E-state index is 14.3. The van der Waals surface area contributed by atoms with E-state index in [0.29, 0.717) is 42.6 Å². The second kappa shape index (κ2) is 12.3. The van der Waals surface area contributed by atoms with Gasteiger partial charge >= 0.3 is 6.09 Å². The van der Waals surface area contributed by atoms with E-state index in [1.54, 1.807) is 23.2 Å². The van der Waals surface area contributed by atoms with Crippen LogP contribution in [-0.4, -0.2) is 79.1 Å². The number of hydrogen-bond acceptors (Lipinski definition) is 7. The van der Waals surface area contributed by atoms with Gasteiger partial charge in [0, 0.05) is 37.8 Å². The van der Waals surface area contributed by atoms with Gasteiger partial charge in [-0.1, -0.05) is 53.7 Å². The van der Waals surface area contributed by atoms with E-state index in [9.17, 15) is 18.8 Å². The van der Waals surface area contributed by atoms with Gasteiger partial charge in [0.1, 0.15) is 22.6 Å². The lowest BCUT2D eigenvalue weighted by Gasteiger charge is -2.42. The minimum absolute atomic E-state index is 0.00485. The molecule has 234 valence electrons. The molecule has 1 fully saturated rings. The summed E-state index contributed by atoms with van der Waals surface area (Å²) in [6.45, 7) is 15.1. The normalized spacial score (nSPS) is 16.1. The van der Waals surface area contributed by atoms with E-state index in [1.807, 2.05) is 7.05 Å². The molecule has 3 aromatic rings. The highest BCUT2D eigenvalue weighted by atomic mass is 28.4. The molecule has 0 saturated carbocycles. The number of amides is 3. The van der Waals surface area contributed by atoms with Crippen molar-refractivity contribution in [1.29, 1.82) is 0 Å². The predicted octanol–water partition coefficient (Wildman–Crippen LogP) is 6.47. The second-order valence-electron chi connectivity index (χ2n) is 12.7. The highest BCUT2D eigenvalue weighted by Crippen LogP contribution is 2.49. The molecule has 0 radical (unpaired) electrons. The van der Waals surface area contributed by atoms with E-state index < -0.39 is 32.0 Å². The van der Waals surface area contributed by atoms with Crippen molar-refractivity contribution in [3.8, 4) is 11.5 Å². The third-order valence-corrected chi connectivity index (χ3v) is 15.1. The molecule has 2 aliphatic heterocycles. The van der Waals surface area contributed by atoms with Crippen LogP contribution in [0.4, 0.5) is 9.18 Å². The van der Waals surface area contributed by atoms with Crippen molar-refractivity contribution in [2.75, 3.05) is 33.2 Å². The van der Waals surface area contributed by atoms with Gasteiger partial charge in [-0.3, -0.25) is 19.5 Å². The first-order valence-electron chi connectivity index (χ1n) is 15.3. The Labute approximate surface area is 259 Å². The molecule has 2 aliphatic rings. The van der Waals surface area contributed by atoms with Gasteiger partial charge in [0.2, 0.25) is 0 Å². The van der Waals surface area contributed by atoms with Crippen LogP contribution in [0.1, 0.15) is 67.8 Å². The Hall–Kier alpha value is -3.83. The molecule has 0 atom stereocenters. The van der Waals surface area contributed by atoms with Gasteiger partial charge in [-0.05, 0) is 53.5 Å². The van der Waals surface area contributed by atoms with Gasteiger partial charge in [0.05, 0.1) is 12.1 Å². The highest BCUT2D eigenvalue weighted by molar-refractivity contribution is 6.78. The Morgan fingerprint density at radius 2 is 1.45 bits per heavy atom. The minimum atomic E-state index is -2.65. The SMILES string of the molecule is CC(C)[Si](Oc1c2c(c(OC(=O)N3CCN(C)CC3)c3cccnc13)C(=O)N(Cc1ccc(F)cc1)C2=O)(C(C)C)C(C)C. The predicted molar refractivity (Wildman–Crippen MR) is 169 cm³/mol. The first-order valence-corrected chi connectivity index (χ1v) is 17.4. The Morgan fingerprint density at radius 3 is 2.02 bits per heavy atom. The lowest BCUT2D eigenvalue weighted by atomic mass is 10.0. The van der Waals surface area contributed by atoms with Gasteiger partial charge in [-0.2, -0.15) is 0 Å². The monoisotopic (exact) mass is 620 g/mol. The number of halogens is 1. The number of ether oxygens (including phenoxy) is 1. The standard InChI is InChI=1S/C33H41FN4O5Si/c1-20(2)44(21(3)4,22(5)6)43-30-27-26(31(39)38(32(27)40)19-23-10-12-24(34)13-11-23)29(25-9-8-14-35-28(25)30)42-33(41)37-17-15-36(7)16-18-37/h8-14,20-22H,15-19H2,1-7H3. The molecule has 0 N–H and O–H groups in total.